The minimum atomic E-state index is -0.469. The summed E-state index contributed by atoms with van der Waals surface area (Å²) in [6, 6.07) is 4.89. The molecule has 0 heterocycles. The third kappa shape index (κ3) is 3.22. The van der Waals surface area contributed by atoms with E-state index in [1.54, 1.807) is 12.1 Å². The summed E-state index contributed by atoms with van der Waals surface area (Å²) >= 11 is 5.83. The van der Waals surface area contributed by atoms with Crippen molar-refractivity contribution in [2.45, 2.75) is 26.3 Å². The van der Waals surface area contributed by atoms with Gasteiger partial charge in [0.2, 0.25) is 5.91 Å². The maximum Gasteiger partial charge on any atom is 0.241 e. The molecule has 0 radical (unpaired) electrons. The van der Waals surface area contributed by atoms with Crippen molar-refractivity contribution >= 4 is 23.2 Å². The van der Waals surface area contributed by atoms with E-state index in [9.17, 15) is 4.79 Å². The van der Waals surface area contributed by atoms with E-state index < -0.39 is 6.04 Å². The lowest BCUT2D eigenvalue weighted by atomic mass is 10.1. The lowest BCUT2D eigenvalue weighted by molar-refractivity contribution is -0.117. The van der Waals surface area contributed by atoms with E-state index in [1.165, 1.54) is 0 Å². The van der Waals surface area contributed by atoms with Crippen molar-refractivity contribution in [2.24, 2.45) is 5.73 Å². The predicted molar refractivity (Wildman–Crippen MR) is 63.1 cm³/mol. The van der Waals surface area contributed by atoms with Crippen LogP contribution in [0.5, 0.6) is 0 Å². The van der Waals surface area contributed by atoms with Gasteiger partial charge < -0.3 is 11.1 Å². The molecule has 82 valence electrons. The molecule has 3 nitrogen and oxygen atoms in total. The third-order valence-electron chi connectivity index (χ3n) is 2.23. The van der Waals surface area contributed by atoms with E-state index in [0.717, 1.165) is 11.3 Å². The van der Waals surface area contributed by atoms with E-state index in [2.05, 4.69) is 5.32 Å². The lowest BCUT2D eigenvalue weighted by Gasteiger charge is -2.12. The second-order valence-electron chi connectivity index (χ2n) is 3.46. The Hall–Kier alpha value is -1.06. The molecule has 3 N–H and O–H groups in total. The van der Waals surface area contributed by atoms with Crippen molar-refractivity contribution < 1.29 is 4.79 Å². The first-order valence-corrected chi connectivity index (χ1v) is 5.25. The monoisotopic (exact) mass is 226 g/mol. The maximum atomic E-state index is 11.5. The number of nitrogens with one attached hydrogen (secondary N) is 1. The van der Waals surface area contributed by atoms with Gasteiger partial charge in [0.05, 0.1) is 6.04 Å². The van der Waals surface area contributed by atoms with Crippen molar-refractivity contribution in [3.63, 3.8) is 0 Å². The second kappa shape index (κ2) is 5.14. The molecule has 1 atom stereocenters. The van der Waals surface area contributed by atoms with Crippen LogP contribution in [0.3, 0.4) is 0 Å². The summed E-state index contributed by atoms with van der Waals surface area (Å²) < 4.78 is 0. The second-order valence-corrected chi connectivity index (χ2v) is 3.90. The molecule has 0 fully saturated rings. The largest absolute Gasteiger partial charge is 0.324 e. The summed E-state index contributed by atoms with van der Waals surface area (Å²) in [5.41, 5.74) is 7.29. The molecular formula is C11H15ClN2O. The zero-order valence-electron chi connectivity index (χ0n) is 8.88. The molecular weight excluding hydrogens is 212 g/mol. The average Bonchev–Trinajstić information content (AvgIpc) is 2.22. The molecule has 1 rings (SSSR count). The number of carbonyl (C=O) groups excluding carboxylic acids is 1. The van der Waals surface area contributed by atoms with Gasteiger partial charge in [0.25, 0.3) is 0 Å². The Balaban J connectivity index is 2.80. The summed E-state index contributed by atoms with van der Waals surface area (Å²) in [6.45, 7) is 3.78. The van der Waals surface area contributed by atoms with Gasteiger partial charge in [-0.15, -0.1) is 0 Å². The Kier molecular flexibility index (Phi) is 4.12. The molecule has 15 heavy (non-hydrogen) atoms. The summed E-state index contributed by atoms with van der Waals surface area (Å²) in [5.74, 6) is -0.178. The van der Waals surface area contributed by atoms with Crippen LogP contribution >= 0.6 is 11.6 Å². The highest BCUT2D eigenvalue weighted by Gasteiger charge is 2.11. The number of halogens is 1. The lowest BCUT2D eigenvalue weighted by Crippen LogP contribution is -2.34. The highest BCUT2D eigenvalue weighted by molar-refractivity contribution is 6.31. The quantitative estimate of drug-likeness (QED) is 0.831. The average molecular weight is 227 g/mol. The number of hydrogen-bond acceptors (Lipinski definition) is 2. The van der Waals surface area contributed by atoms with Gasteiger partial charge >= 0.3 is 0 Å². The van der Waals surface area contributed by atoms with E-state index in [1.807, 2.05) is 19.9 Å². The van der Waals surface area contributed by atoms with Gasteiger partial charge in [-0.2, -0.15) is 0 Å². The molecule has 0 aliphatic rings. The number of nitrogens with two attached hydrogens (primary N) is 1. The summed E-state index contributed by atoms with van der Waals surface area (Å²) in [6.07, 6.45) is 0.617. The van der Waals surface area contributed by atoms with Gasteiger partial charge in [0.1, 0.15) is 0 Å². The molecule has 0 saturated carbocycles. The Morgan fingerprint density at radius 2 is 2.27 bits per heavy atom. The fourth-order valence-electron chi connectivity index (χ4n) is 1.14. The molecule has 1 aromatic carbocycles. The molecule has 0 aliphatic carbocycles. The van der Waals surface area contributed by atoms with Crippen LogP contribution in [-0.2, 0) is 4.79 Å². The minimum absolute atomic E-state index is 0.178. The van der Waals surface area contributed by atoms with Gasteiger partial charge in [0, 0.05) is 10.7 Å². The van der Waals surface area contributed by atoms with Crippen LogP contribution in [0, 0.1) is 6.92 Å². The summed E-state index contributed by atoms with van der Waals surface area (Å²) in [4.78, 5) is 11.5. The first kappa shape index (κ1) is 12.0. The van der Waals surface area contributed by atoms with Crippen LogP contribution in [0.25, 0.3) is 0 Å². The first-order valence-electron chi connectivity index (χ1n) is 4.87. The predicted octanol–water partition coefficient (Wildman–Crippen LogP) is 2.32. The number of hydrogen-bond donors (Lipinski definition) is 2. The minimum Gasteiger partial charge on any atom is -0.324 e. The number of carbonyl (C=O) groups is 1. The number of aryl methyl sites for hydroxylation is 1. The van der Waals surface area contributed by atoms with Crippen molar-refractivity contribution in [1.82, 2.24) is 0 Å². The van der Waals surface area contributed by atoms with Crippen molar-refractivity contribution in [1.29, 1.82) is 0 Å². The molecule has 0 spiro atoms. The van der Waals surface area contributed by atoms with Crippen molar-refractivity contribution in [3.8, 4) is 0 Å². The van der Waals surface area contributed by atoms with E-state index >= 15 is 0 Å². The van der Waals surface area contributed by atoms with E-state index in [-0.39, 0.29) is 5.91 Å². The molecule has 1 amide bonds. The fraction of sp³-hybridized carbons (Fsp3) is 0.364. The Morgan fingerprint density at radius 3 is 2.87 bits per heavy atom. The number of amides is 1. The molecule has 4 heteroatoms. The zero-order valence-corrected chi connectivity index (χ0v) is 9.64. The van der Waals surface area contributed by atoms with Gasteiger partial charge in [-0.05, 0) is 31.0 Å². The molecule has 0 saturated heterocycles. The van der Waals surface area contributed by atoms with Crippen LogP contribution in [0.2, 0.25) is 5.02 Å². The van der Waals surface area contributed by atoms with Gasteiger partial charge in [-0.3, -0.25) is 4.79 Å². The van der Waals surface area contributed by atoms with Crippen molar-refractivity contribution in [3.05, 3.63) is 28.8 Å². The first-order chi connectivity index (χ1) is 7.04. The Labute approximate surface area is 94.6 Å². The molecule has 0 bridgehead atoms. The molecule has 0 unspecified atom stereocenters. The fourth-order valence-corrected chi connectivity index (χ4v) is 1.31. The van der Waals surface area contributed by atoms with Crippen LogP contribution in [0.15, 0.2) is 18.2 Å². The SMILES string of the molecule is CC[C@H](N)C(=O)Nc1cc(Cl)ccc1C. The Bertz CT molecular complexity index is 366. The zero-order chi connectivity index (χ0) is 11.4. The number of benzene rings is 1. The van der Waals surface area contributed by atoms with E-state index in [4.69, 9.17) is 17.3 Å². The molecule has 0 aliphatic heterocycles. The summed E-state index contributed by atoms with van der Waals surface area (Å²) in [5, 5.41) is 3.35. The molecule has 1 aromatic rings. The smallest absolute Gasteiger partial charge is 0.241 e. The highest BCUT2D eigenvalue weighted by atomic mass is 35.5. The number of anilines is 1. The van der Waals surface area contributed by atoms with Crippen LogP contribution < -0.4 is 11.1 Å². The molecule has 0 aromatic heterocycles. The van der Waals surface area contributed by atoms with Crippen LogP contribution in [-0.4, -0.2) is 11.9 Å². The number of rotatable bonds is 3. The normalized spacial score (nSPS) is 12.3. The van der Waals surface area contributed by atoms with Gasteiger partial charge in [-0.1, -0.05) is 24.6 Å². The highest BCUT2D eigenvalue weighted by Crippen LogP contribution is 2.20. The van der Waals surface area contributed by atoms with Gasteiger partial charge in [0.15, 0.2) is 0 Å². The van der Waals surface area contributed by atoms with Gasteiger partial charge in [-0.25, -0.2) is 0 Å². The van der Waals surface area contributed by atoms with Crippen LogP contribution in [0.1, 0.15) is 18.9 Å². The third-order valence-corrected chi connectivity index (χ3v) is 2.47. The van der Waals surface area contributed by atoms with Crippen LogP contribution in [0.4, 0.5) is 5.69 Å². The summed E-state index contributed by atoms with van der Waals surface area (Å²) in [7, 11) is 0. The standard InChI is InChI=1S/C11H15ClN2O/c1-3-9(13)11(15)14-10-6-8(12)5-4-7(10)2/h4-6,9H,3,13H2,1-2H3,(H,14,15)/t9-/m0/s1. The van der Waals surface area contributed by atoms with Crippen molar-refractivity contribution in [2.75, 3.05) is 5.32 Å². The van der Waals surface area contributed by atoms with E-state index in [0.29, 0.717) is 11.4 Å². The Morgan fingerprint density at radius 1 is 1.60 bits per heavy atom. The topological polar surface area (TPSA) is 55.1 Å². The maximum absolute atomic E-state index is 11.5.